The molecule has 0 aliphatic carbocycles. The van der Waals surface area contributed by atoms with Crippen LogP contribution in [0.25, 0.3) is 0 Å². The maximum atomic E-state index is 11.8. The predicted molar refractivity (Wildman–Crippen MR) is 61.9 cm³/mol. The number of carbonyl (C=O) groups is 2. The number of nitrogens with zero attached hydrogens (tertiary/aromatic N) is 1. The molecule has 1 saturated heterocycles. The van der Waals surface area contributed by atoms with Crippen LogP contribution in [-0.2, 0) is 9.59 Å². The van der Waals surface area contributed by atoms with Crippen LogP contribution in [0, 0.1) is 0 Å². The maximum Gasteiger partial charge on any atom is 0.239 e. The third-order valence-electron chi connectivity index (χ3n) is 3.02. The Kier molecular flexibility index (Phi) is 4.73. The number of nitrogens with one attached hydrogen (secondary N) is 2. The Balaban J connectivity index is 2.37. The lowest BCUT2D eigenvalue weighted by Gasteiger charge is -2.33. The van der Waals surface area contributed by atoms with E-state index in [2.05, 4.69) is 10.6 Å². The van der Waals surface area contributed by atoms with Crippen LogP contribution in [0.2, 0.25) is 0 Å². The molecule has 1 aliphatic rings. The first kappa shape index (κ1) is 13.0. The number of rotatable bonds is 3. The summed E-state index contributed by atoms with van der Waals surface area (Å²) in [6, 6.07) is 0.101. The van der Waals surface area contributed by atoms with Gasteiger partial charge in [-0.25, -0.2) is 0 Å². The molecule has 1 rings (SSSR count). The van der Waals surface area contributed by atoms with E-state index in [-0.39, 0.29) is 23.9 Å². The zero-order valence-corrected chi connectivity index (χ0v) is 10.2. The number of piperidine rings is 1. The summed E-state index contributed by atoms with van der Waals surface area (Å²) in [5.41, 5.74) is 0. The van der Waals surface area contributed by atoms with Gasteiger partial charge in [0.05, 0.1) is 6.04 Å². The molecule has 0 aromatic carbocycles. The van der Waals surface area contributed by atoms with Crippen molar-refractivity contribution < 1.29 is 9.59 Å². The largest absolute Gasteiger partial charge is 0.353 e. The molecule has 0 saturated carbocycles. The molecule has 92 valence electrons. The molecule has 0 bridgehead atoms. The zero-order valence-electron chi connectivity index (χ0n) is 10.2. The van der Waals surface area contributed by atoms with E-state index >= 15 is 0 Å². The highest BCUT2D eigenvalue weighted by atomic mass is 16.2. The van der Waals surface area contributed by atoms with Crippen LogP contribution >= 0.6 is 0 Å². The van der Waals surface area contributed by atoms with Crippen molar-refractivity contribution in [1.29, 1.82) is 0 Å². The van der Waals surface area contributed by atoms with Crippen molar-refractivity contribution >= 4 is 11.8 Å². The van der Waals surface area contributed by atoms with Gasteiger partial charge in [-0.1, -0.05) is 0 Å². The van der Waals surface area contributed by atoms with Gasteiger partial charge < -0.3 is 15.5 Å². The molecule has 1 atom stereocenters. The van der Waals surface area contributed by atoms with Crippen molar-refractivity contribution in [2.24, 2.45) is 0 Å². The number of likely N-dealkylation sites (tertiary alicyclic amines) is 1. The van der Waals surface area contributed by atoms with E-state index in [4.69, 9.17) is 0 Å². The monoisotopic (exact) mass is 227 g/mol. The normalized spacial score (nSPS) is 19.3. The standard InChI is InChI=1S/C11H21N3O2/c1-8(12-3)11(16)14-6-4-10(5-7-14)13-9(2)15/h8,10,12H,4-7H2,1-3H3,(H,13,15). The first-order chi connectivity index (χ1) is 7.54. The van der Waals surface area contributed by atoms with E-state index in [0.29, 0.717) is 0 Å². The Hall–Kier alpha value is -1.10. The van der Waals surface area contributed by atoms with E-state index in [9.17, 15) is 9.59 Å². The van der Waals surface area contributed by atoms with E-state index in [1.165, 1.54) is 6.92 Å². The SMILES string of the molecule is CNC(C)C(=O)N1CCC(NC(C)=O)CC1. The van der Waals surface area contributed by atoms with Crippen LogP contribution in [-0.4, -0.2) is 48.9 Å². The minimum Gasteiger partial charge on any atom is -0.353 e. The number of hydrogen-bond donors (Lipinski definition) is 2. The van der Waals surface area contributed by atoms with Crippen LogP contribution in [0.15, 0.2) is 0 Å². The Bertz CT molecular complexity index is 260. The van der Waals surface area contributed by atoms with Crippen molar-refractivity contribution in [3.63, 3.8) is 0 Å². The Morgan fingerprint density at radius 3 is 2.31 bits per heavy atom. The molecule has 5 heteroatoms. The summed E-state index contributed by atoms with van der Waals surface area (Å²) < 4.78 is 0. The van der Waals surface area contributed by atoms with Crippen LogP contribution in [0.4, 0.5) is 0 Å². The number of likely N-dealkylation sites (N-methyl/N-ethyl adjacent to an activating group) is 1. The lowest BCUT2D eigenvalue weighted by atomic mass is 10.0. The van der Waals surface area contributed by atoms with Gasteiger partial charge in [-0.3, -0.25) is 9.59 Å². The summed E-state index contributed by atoms with van der Waals surface area (Å²) in [6.45, 7) is 4.86. The minimum atomic E-state index is -0.127. The third-order valence-corrected chi connectivity index (χ3v) is 3.02. The third kappa shape index (κ3) is 3.48. The zero-order chi connectivity index (χ0) is 12.1. The van der Waals surface area contributed by atoms with Gasteiger partial charge in [0.25, 0.3) is 0 Å². The average Bonchev–Trinajstić information content (AvgIpc) is 2.27. The van der Waals surface area contributed by atoms with Gasteiger partial charge in [-0.2, -0.15) is 0 Å². The van der Waals surface area contributed by atoms with Gasteiger partial charge in [0.1, 0.15) is 0 Å². The highest BCUT2D eigenvalue weighted by Crippen LogP contribution is 2.11. The van der Waals surface area contributed by atoms with Crippen molar-refractivity contribution in [1.82, 2.24) is 15.5 Å². The molecule has 0 aromatic heterocycles. The molecule has 1 heterocycles. The molecular formula is C11H21N3O2. The van der Waals surface area contributed by atoms with Crippen molar-refractivity contribution in [2.75, 3.05) is 20.1 Å². The second-order valence-electron chi connectivity index (χ2n) is 4.31. The van der Waals surface area contributed by atoms with Crippen LogP contribution < -0.4 is 10.6 Å². The number of carbonyl (C=O) groups excluding carboxylic acids is 2. The quantitative estimate of drug-likeness (QED) is 0.697. The molecule has 2 amide bonds. The highest BCUT2D eigenvalue weighted by Gasteiger charge is 2.25. The van der Waals surface area contributed by atoms with Gasteiger partial charge in [0.2, 0.25) is 11.8 Å². The molecule has 2 N–H and O–H groups in total. The average molecular weight is 227 g/mol. The lowest BCUT2D eigenvalue weighted by Crippen LogP contribution is -2.50. The molecule has 1 unspecified atom stereocenters. The number of amides is 2. The maximum absolute atomic E-state index is 11.8. The van der Waals surface area contributed by atoms with Crippen LogP contribution in [0.5, 0.6) is 0 Å². The molecule has 5 nitrogen and oxygen atoms in total. The molecular weight excluding hydrogens is 206 g/mol. The second-order valence-corrected chi connectivity index (χ2v) is 4.31. The summed E-state index contributed by atoms with van der Waals surface area (Å²) in [5, 5.41) is 5.84. The summed E-state index contributed by atoms with van der Waals surface area (Å²) >= 11 is 0. The second kappa shape index (κ2) is 5.84. The smallest absolute Gasteiger partial charge is 0.239 e. The number of hydrogen-bond acceptors (Lipinski definition) is 3. The first-order valence-corrected chi connectivity index (χ1v) is 5.77. The molecule has 0 spiro atoms. The Labute approximate surface area is 96.6 Å². The van der Waals surface area contributed by atoms with Gasteiger partial charge in [0, 0.05) is 26.1 Å². The summed E-state index contributed by atoms with van der Waals surface area (Å²) in [5.74, 6) is 0.150. The lowest BCUT2D eigenvalue weighted by molar-refractivity contribution is -0.134. The summed E-state index contributed by atoms with van der Waals surface area (Å²) in [4.78, 5) is 24.6. The fourth-order valence-electron chi connectivity index (χ4n) is 1.93. The molecule has 1 fully saturated rings. The topological polar surface area (TPSA) is 61.4 Å². The van der Waals surface area contributed by atoms with E-state index in [1.807, 2.05) is 11.8 Å². The highest BCUT2D eigenvalue weighted by molar-refractivity contribution is 5.81. The van der Waals surface area contributed by atoms with E-state index < -0.39 is 0 Å². The Morgan fingerprint density at radius 2 is 1.88 bits per heavy atom. The molecule has 0 aromatic rings. The fraction of sp³-hybridized carbons (Fsp3) is 0.818. The molecule has 0 radical (unpaired) electrons. The van der Waals surface area contributed by atoms with Crippen molar-refractivity contribution in [2.45, 2.75) is 38.8 Å². The molecule has 16 heavy (non-hydrogen) atoms. The fourth-order valence-corrected chi connectivity index (χ4v) is 1.93. The van der Waals surface area contributed by atoms with Crippen molar-refractivity contribution in [3.05, 3.63) is 0 Å². The minimum absolute atomic E-state index is 0.00775. The summed E-state index contributed by atoms with van der Waals surface area (Å²) in [6.07, 6.45) is 1.70. The first-order valence-electron chi connectivity index (χ1n) is 5.77. The summed E-state index contributed by atoms with van der Waals surface area (Å²) in [7, 11) is 1.78. The van der Waals surface area contributed by atoms with Gasteiger partial charge >= 0.3 is 0 Å². The van der Waals surface area contributed by atoms with Gasteiger partial charge in [-0.05, 0) is 26.8 Å². The van der Waals surface area contributed by atoms with Gasteiger partial charge in [-0.15, -0.1) is 0 Å². The van der Waals surface area contributed by atoms with E-state index in [1.54, 1.807) is 7.05 Å². The van der Waals surface area contributed by atoms with Crippen LogP contribution in [0.3, 0.4) is 0 Å². The van der Waals surface area contributed by atoms with Crippen LogP contribution in [0.1, 0.15) is 26.7 Å². The Morgan fingerprint density at radius 1 is 1.31 bits per heavy atom. The van der Waals surface area contributed by atoms with E-state index in [0.717, 1.165) is 25.9 Å². The van der Waals surface area contributed by atoms with Gasteiger partial charge in [0.15, 0.2) is 0 Å². The predicted octanol–water partition coefficient (Wildman–Crippen LogP) is -0.279. The van der Waals surface area contributed by atoms with Crippen molar-refractivity contribution in [3.8, 4) is 0 Å². The molecule has 1 aliphatic heterocycles.